The number of aromatic nitrogens is 2. The number of nitrogens with zero attached hydrogens (tertiary/aromatic N) is 2. The fraction of sp³-hybridized carbons (Fsp3) is 0.714. The number of amides is 1. The van der Waals surface area contributed by atoms with Gasteiger partial charge in [-0.25, -0.2) is 0 Å². The Hall–Kier alpha value is -1.36. The first-order valence-corrected chi connectivity index (χ1v) is 6.80. The second-order valence-electron chi connectivity index (χ2n) is 5.45. The van der Waals surface area contributed by atoms with Crippen LogP contribution in [0.25, 0.3) is 0 Å². The van der Waals surface area contributed by atoms with E-state index in [-0.39, 0.29) is 11.9 Å². The molecule has 1 aromatic rings. The summed E-state index contributed by atoms with van der Waals surface area (Å²) in [7, 11) is 3.62. The van der Waals surface area contributed by atoms with Gasteiger partial charge in [0.2, 0.25) is 5.91 Å². The quantitative estimate of drug-likeness (QED) is 0.815. The van der Waals surface area contributed by atoms with Crippen molar-refractivity contribution in [3.63, 3.8) is 0 Å². The van der Waals surface area contributed by atoms with E-state index in [1.54, 1.807) is 7.05 Å². The molecule has 1 heterocycles. The van der Waals surface area contributed by atoms with Crippen molar-refractivity contribution < 1.29 is 4.79 Å². The minimum Gasteiger partial charge on any atom is -0.358 e. The van der Waals surface area contributed by atoms with Crippen LogP contribution in [0.5, 0.6) is 0 Å². The van der Waals surface area contributed by atoms with E-state index in [4.69, 9.17) is 0 Å². The molecule has 0 aromatic carbocycles. The molecular formula is C14H26N4O. The second kappa shape index (κ2) is 6.70. The Bertz CT molecular complexity index is 437. The molecule has 1 aromatic heterocycles. The monoisotopic (exact) mass is 266 g/mol. The molecular weight excluding hydrogens is 240 g/mol. The van der Waals surface area contributed by atoms with Crippen molar-refractivity contribution in [2.45, 2.75) is 46.7 Å². The van der Waals surface area contributed by atoms with E-state index < -0.39 is 0 Å². The van der Waals surface area contributed by atoms with Gasteiger partial charge >= 0.3 is 0 Å². The summed E-state index contributed by atoms with van der Waals surface area (Å²) in [5.74, 6) is 0.527. The Morgan fingerprint density at radius 3 is 2.42 bits per heavy atom. The zero-order valence-electron chi connectivity index (χ0n) is 12.9. The average molecular weight is 266 g/mol. The van der Waals surface area contributed by atoms with Gasteiger partial charge in [0.1, 0.15) is 0 Å². The summed E-state index contributed by atoms with van der Waals surface area (Å²) < 4.78 is 1.88. The lowest BCUT2D eigenvalue weighted by molar-refractivity contribution is -0.123. The van der Waals surface area contributed by atoms with Gasteiger partial charge < -0.3 is 10.6 Å². The molecule has 19 heavy (non-hydrogen) atoms. The number of rotatable bonds is 6. The first kappa shape index (κ1) is 15.7. The van der Waals surface area contributed by atoms with Crippen molar-refractivity contribution in [1.82, 2.24) is 20.4 Å². The lowest BCUT2D eigenvalue weighted by Crippen LogP contribution is -2.43. The third kappa shape index (κ3) is 4.06. The van der Waals surface area contributed by atoms with Crippen LogP contribution < -0.4 is 10.6 Å². The molecule has 0 spiro atoms. The van der Waals surface area contributed by atoms with Crippen LogP contribution >= 0.6 is 0 Å². The van der Waals surface area contributed by atoms with Gasteiger partial charge in [-0.15, -0.1) is 0 Å². The molecule has 0 aliphatic carbocycles. The summed E-state index contributed by atoms with van der Waals surface area (Å²) in [5, 5.41) is 10.5. The Balaban J connectivity index is 2.73. The highest BCUT2D eigenvalue weighted by Crippen LogP contribution is 2.13. The van der Waals surface area contributed by atoms with Crippen LogP contribution in [-0.4, -0.2) is 28.8 Å². The minimum atomic E-state index is -0.149. The van der Waals surface area contributed by atoms with Crippen molar-refractivity contribution in [3.05, 3.63) is 17.0 Å². The van der Waals surface area contributed by atoms with Crippen LogP contribution in [-0.2, 0) is 18.4 Å². The first-order valence-electron chi connectivity index (χ1n) is 6.80. The molecule has 1 unspecified atom stereocenters. The summed E-state index contributed by atoms with van der Waals surface area (Å²) >= 11 is 0. The highest BCUT2D eigenvalue weighted by molar-refractivity contribution is 5.81. The highest BCUT2D eigenvalue weighted by atomic mass is 16.2. The summed E-state index contributed by atoms with van der Waals surface area (Å²) in [4.78, 5) is 11.8. The predicted molar refractivity (Wildman–Crippen MR) is 76.8 cm³/mol. The maximum atomic E-state index is 11.8. The third-order valence-corrected chi connectivity index (χ3v) is 3.45. The highest BCUT2D eigenvalue weighted by Gasteiger charge is 2.19. The van der Waals surface area contributed by atoms with Gasteiger partial charge in [-0.3, -0.25) is 9.48 Å². The number of nitrogens with one attached hydrogen (secondary N) is 2. The molecule has 5 heteroatoms. The molecule has 1 atom stereocenters. The van der Waals surface area contributed by atoms with E-state index in [0.29, 0.717) is 12.5 Å². The Morgan fingerprint density at radius 2 is 2.00 bits per heavy atom. The van der Waals surface area contributed by atoms with Gasteiger partial charge in [0.25, 0.3) is 0 Å². The molecule has 0 radical (unpaired) electrons. The van der Waals surface area contributed by atoms with Crippen LogP contribution in [0, 0.1) is 19.8 Å². The standard InChI is InChI=1S/C14H26N4O/c1-9(2)7-13(14(19)15-5)16-8-12-10(3)17-18(6)11(12)4/h9,13,16H,7-8H2,1-6H3,(H,15,19). The molecule has 0 saturated carbocycles. The first-order chi connectivity index (χ1) is 8.86. The third-order valence-electron chi connectivity index (χ3n) is 3.45. The van der Waals surface area contributed by atoms with E-state index in [1.165, 1.54) is 5.56 Å². The lowest BCUT2D eigenvalue weighted by Gasteiger charge is -2.19. The fourth-order valence-corrected chi connectivity index (χ4v) is 2.23. The van der Waals surface area contributed by atoms with Gasteiger partial charge in [0.05, 0.1) is 11.7 Å². The Morgan fingerprint density at radius 1 is 1.37 bits per heavy atom. The predicted octanol–water partition coefficient (Wildman–Crippen LogP) is 1.29. The molecule has 108 valence electrons. The van der Waals surface area contributed by atoms with Gasteiger partial charge in [-0.05, 0) is 26.2 Å². The van der Waals surface area contributed by atoms with Crippen molar-refractivity contribution in [2.75, 3.05) is 7.05 Å². The molecule has 0 bridgehead atoms. The molecule has 5 nitrogen and oxygen atoms in total. The SMILES string of the molecule is CNC(=O)C(CC(C)C)NCc1c(C)nn(C)c1C. The molecule has 1 amide bonds. The van der Waals surface area contributed by atoms with E-state index in [0.717, 1.165) is 17.8 Å². The number of carbonyl (C=O) groups is 1. The Labute approximate surface area is 115 Å². The topological polar surface area (TPSA) is 59.0 Å². The van der Waals surface area contributed by atoms with Crippen LogP contribution in [0.4, 0.5) is 0 Å². The maximum absolute atomic E-state index is 11.8. The molecule has 1 rings (SSSR count). The van der Waals surface area contributed by atoms with Crippen LogP contribution in [0.1, 0.15) is 37.2 Å². The van der Waals surface area contributed by atoms with Crippen molar-refractivity contribution in [3.8, 4) is 0 Å². The lowest BCUT2D eigenvalue weighted by atomic mass is 10.0. The molecule has 0 saturated heterocycles. The maximum Gasteiger partial charge on any atom is 0.236 e. The summed E-state index contributed by atoms with van der Waals surface area (Å²) in [6.07, 6.45) is 0.831. The van der Waals surface area contributed by atoms with E-state index in [9.17, 15) is 4.79 Å². The van der Waals surface area contributed by atoms with Crippen LogP contribution in [0.15, 0.2) is 0 Å². The smallest absolute Gasteiger partial charge is 0.236 e. The zero-order chi connectivity index (χ0) is 14.6. The largest absolute Gasteiger partial charge is 0.358 e. The van der Waals surface area contributed by atoms with E-state index >= 15 is 0 Å². The van der Waals surface area contributed by atoms with Gasteiger partial charge in [-0.1, -0.05) is 13.8 Å². The molecule has 0 fully saturated rings. The number of aryl methyl sites for hydroxylation is 2. The van der Waals surface area contributed by atoms with E-state index in [1.807, 2.05) is 25.6 Å². The van der Waals surface area contributed by atoms with Crippen molar-refractivity contribution in [2.24, 2.45) is 13.0 Å². The number of hydrogen-bond donors (Lipinski definition) is 2. The normalized spacial score (nSPS) is 12.8. The summed E-state index contributed by atoms with van der Waals surface area (Å²) in [6.45, 7) is 8.97. The summed E-state index contributed by atoms with van der Waals surface area (Å²) in [5.41, 5.74) is 3.35. The van der Waals surface area contributed by atoms with Crippen molar-refractivity contribution >= 4 is 5.91 Å². The average Bonchev–Trinajstić information content (AvgIpc) is 2.58. The van der Waals surface area contributed by atoms with Gasteiger partial charge in [0, 0.05) is 31.9 Å². The fourth-order valence-electron chi connectivity index (χ4n) is 2.23. The van der Waals surface area contributed by atoms with Gasteiger partial charge in [-0.2, -0.15) is 5.10 Å². The minimum absolute atomic E-state index is 0.0490. The van der Waals surface area contributed by atoms with Crippen LogP contribution in [0.2, 0.25) is 0 Å². The molecule has 2 N–H and O–H groups in total. The van der Waals surface area contributed by atoms with Crippen LogP contribution in [0.3, 0.4) is 0 Å². The van der Waals surface area contributed by atoms with E-state index in [2.05, 4.69) is 29.6 Å². The van der Waals surface area contributed by atoms with Gasteiger partial charge in [0.15, 0.2) is 0 Å². The molecule has 0 aliphatic rings. The Kier molecular flexibility index (Phi) is 5.54. The number of hydrogen-bond acceptors (Lipinski definition) is 3. The summed E-state index contributed by atoms with van der Waals surface area (Å²) in [6, 6.07) is -0.149. The second-order valence-corrected chi connectivity index (χ2v) is 5.45. The zero-order valence-corrected chi connectivity index (χ0v) is 12.9. The molecule has 0 aliphatic heterocycles. The number of likely N-dealkylation sites (N-methyl/N-ethyl adjacent to an activating group) is 1. The van der Waals surface area contributed by atoms with Crippen molar-refractivity contribution in [1.29, 1.82) is 0 Å². The number of carbonyl (C=O) groups excluding carboxylic acids is 1.